The minimum Gasteiger partial charge on any atom is -0.334 e. The topological polar surface area (TPSA) is 81.7 Å². The molecule has 0 aliphatic carbocycles. The molecule has 0 bridgehead atoms. The van der Waals surface area contributed by atoms with Gasteiger partial charge >= 0.3 is 0 Å². The third-order valence-electron chi connectivity index (χ3n) is 5.40. The monoisotopic (exact) mass is 399 g/mol. The molecule has 4 heterocycles. The molecule has 0 radical (unpaired) electrons. The van der Waals surface area contributed by atoms with Crippen LogP contribution in [0, 0.1) is 0 Å². The van der Waals surface area contributed by atoms with Gasteiger partial charge in [0.1, 0.15) is 17.8 Å². The van der Waals surface area contributed by atoms with Crippen LogP contribution >= 0.6 is 0 Å². The number of aromatic nitrogens is 6. The molecule has 8 heteroatoms. The highest BCUT2D eigenvalue weighted by atomic mass is 16.2. The van der Waals surface area contributed by atoms with E-state index in [-0.39, 0.29) is 11.9 Å². The number of amides is 1. The lowest BCUT2D eigenvalue weighted by Crippen LogP contribution is -2.24. The summed E-state index contributed by atoms with van der Waals surface area (Å²) in [5.74, 6) is 1.24. The van der Waals surface area contributed by atoms with E-state index in [1.165, 1.54) is 0 Å². The number of benzene rings is 1. The molecular weight excluding hydrogens is 378 g/mol. The highest BCUT2D eigenvalue weighted by molar-refractivity contribution is 6.10. The number of hydrogen-bond donors (Lipinski definition) is 0. The van der Waals surface area contributed by atoms with Gasteiger partial charge in [0.15, 0.2) is 5.82 Å². The molecule has 0 unspecified atom stereocenters. The molecule has 0 atom stereocenters. The molecule has 0 saturated carbocycles. The quantitative estimate of drug-likeness (QED) is 0.525. The Morgan fingerprint density at radius 1 is 1.10 bits per heavy atom. The maximum atomic E-state index is 13.2. The minimum absolute atomic E-state index is 0.0519. The van der Waals surface area contributed by atoms with Crippen molar-refractivity contribution in [3.05, 3.63) is 66.4 Å². The van der Waals surface area contributed by atoms with Crippen LogP contribution in [-0.4, -0.2) is 35.2 Å². The van der Waals surface area contributed by atoms with Gasteiger partial charge in [-0.15, -0.1) is 10.2 Å². The number of pyridine rings is 1. The van der Waals surface area contributed by atoms with E-state index in [4.69, 9.17) is 4.98 Å². The van der Waals surface area contributed by atoms with Gasteiger partial charge < -0.3 is 9.13 Å². The zero-order valence-corrected chi connectivity index (χ0v) is 17.0. The van der Waals surface area contributed by atoms with Crippen molar-refractivity contribution in [1.29, 1.82) is 0 Å². The Kier molecular flexibility index (Phi) is 4.20. The number of fused-ring (bicyclic) bond motifs is 1. The largest absolute Gasteiger partial charge is 0.334 e. The third-order valence-corrected chi connectivity index (χ3v) is 5.40. The molecule has 8 nitrogen and oxygen atoms in total. The first-order valence-electron chi connectivity index (χ1n) is 9.81. The fourth-order valence-corrected chi connectivity index (χ4v) is 3.78. The highest BCUT2D eigenvalue weighted by Gasteiger charge is 2.30. The summed E-state index contributed by atoms with van der Waals surface area (Å²) >= 11 is 0. The third kappa shape index (κ3) is 2.88. The van der Waals surface area contributed by atoms with Crippen molar-refractivity contribution in [3.63, 3.8) is 0 Å². The van der Waals surface area contributed by atoms with Gasteiger partial charge in [-0.3, -0.25) is 9.69 Å². The summed E-state index contributed by atoms with van der Waals surface area (Å²) in [6, 6.07) is 11.8. The SMILES string of the molecule is CC(C)n1cnnc1-c1cccc(N2Cc3ccc(-c4cncn4C)cc3C2=O)n1. The second-order valence-electron chi connectivity index (χ2n) is 7.69. The van der Waals surface area contributed by atoms with E-state index in [0.29, 0.717) is 29.4 Å². The Morgan fingerprint density at radius 3 is 2.73 bits per heavy atom. The summed E-state index contributed by atoms with van der Waals surface area (Å²) in [7, 11) is 1.94. The lowest BCUT2D eigenvalue weighted by atomic mass is 10.0. The molecule has 1 aliphatic heterocycles. The summed E-state index contributed by atoms with van der Waals surface area (Å²) < 4.78 is 3.90. The first kappa shape index (κ1) is 18.2. The van der Waals surface area contributed by atoms with Gasteiger partial charge in [0.05, 0.1) is 24.8 Å². The number of rotatable bonds is 4. The number of hydrogen-bond acceptors (Lipinski definition) is 5. The molecule has 0 saturated heterocycles. The van der Waals surface area contributed by atoms with Crippen LogP contribution in [0.15, 0.2) is 55.2 Å². The Bertz CT molecular complexity index is 1250. The van der Waals surface area contributed by atoms with Gasteiger partial charge in [0, 0.05) is 24.2 Å². The summed E-state index contributed by atoms with van der Waals surface area (Å²) in [5, 5.41) is 8.24. The highest BCUT2D eigenvalue weighted by Crippen LogP contribution is 2.31. The molecule has 3 aromatic heterocycles. The van der Waals surface area contributed by atoms with Crippen LogP contribution in [0.1, 0.15) is 35.8 Å². The maximum Gasteiger partial charge on any atom is 0.260 e. The van der Waals surface area contributed by atoms with Crippen molar-refractivity contribution >= 4 is 11.7 Å². The Morgan fingerprint density at radius 2 is 1.97 bits per heavy atom. The van der Waals surface area contributed by atoms with Crippen LogP contribution in [0.3, 0.4) is 0 Å². The molecule has 1 amide bonds. The van der Waals surface area contributed by atoms with Gasteiger partial charge in [-0.25, -0.2) is 9.97 Å². The van der Waals surface area contributed by atoms with Crippen molar-refractivity contribution in [2.75, 3.05) is 4.90 Å². The Balaban J connectivity index is 1.49. The summed E-state index contributed by atoms with van der Waals surface area (Å²) in [5.41, 5.74) is 4.32. The molecule has 5 rings (SSSR count). The molecule has 0 spiro atoms. The standard InChI is InChI=1S/C22H21N7O/c1-14(2)29-13-24-26-21(29)18-5-4-6-20(25-18)28-11-16-8-7-15(9-17(16)22(28)30)19-10-23-12-27(19)3/h4-10,12-14H,11H2,1-3H3. The Hall–Kier alpha value is -3.81. The summed E-state index contributed by atoms with van der Waals surface area (Å²) in [6.07, 6.45) is 5.25. The molecule has 0 fully saturated rings. The van der Waals surface area contributed by atoms with Crippen LogP contribution in [0.4, 0.5) is 5.82 Å². The Labute approximate surface area is 173 Å². The second-order valence-corrected chi connectivity index (χ2v) is 7.69. The maximum absolute atomic E-state index is 13.2. The molecule has 1 aliphatic rings. The van der Waals surface area contributed by atoms with Gasteiger partial charge in [-0.1, -0.05) is 18.2 Å². The first-order valence-corrected chi connectivity index (χ1v) is 9.81. The van der Waals surface area contributed by atoms with E-state index in [1.54, 1.807) is 23.8 Å². The number of anilines is 1. The predicted octanol–water partition coefficient (Wildman–Crippen LogP) is 3.48. The normalized spacial score (nSPS) is 13.3. The molecular formula is C22H21N7O. The van der Waals surface area contributed by atoms with Crippen molar-refractivity contribution in [2.24, 2.45) is 7.05 Å². The predicted molar refractivity (Wildman–Crippen MR) is 113 cm³/mol. The first-order chi connectivity index (χ1) is 14.5. The zero-order valence-electron chi connectivity index (χ0n) is 17.0. The molecule has 30 heavy (non-hydrogen) atoms. The lowest BCUT2D eigenvalue weighted by molar-refractivity contribution is 0.0996. The van der Waals surface area contributed by atoms with Crippen molar-refractivity contribution in [2.45, 2.75) is 26.4 Å². The number of nitrogens with zero attached hydrogens (tertiary/aromatic N) is 7. The molecule has 1 aromatic carbocycles. The second kappa shape index (κ2) is 6.91. The average Bonchev–Trinajstić information content (AvgIpc) is 3.47. The van der Waals surface area contributed by atoms with E-state index in [0.717, 1.165) is 16.8 Å². The zero-order chi connectivity index (χ0) is 20.8. The number of imidazole rings is 1. The van der Waals surface area contributed by atoms with Crippen LogP contribution in [0.25, 0.3) is 22.8 Å². The van der Waals surface area contributed by atoms with E-state index in [9.17, 15) is 4.79 Å². The van der Waals surface area contributed by atoms with Gasteiger partial charge in [0.2, 0.25) is 0 Å². The summed E-state index contributed by atoms with van der Waals surface area (Å²) in [4.78, 5) is 23.8. The van der Waals surface area contributed by atoms with E-state index >= 15 is 0 Å². The van der Waals surface area contributed by atoms with Gasteiger partial charge in [-0.05, 0) is 37.6 Å². The number of aryl methyl sites for hydroxylation is 1. The minimum atomic E-state index is -0.0519. The fraction of sp³-hybridized carbons (Fsp3) is 0.227. The van der Waals surface area contributed by atoms with E-state index < -0.39 is 0 Å². The van der Waals surface area contributed by atoms with Crippen LogP contribution in [-0.2, 0) is 13.6 Å². The molecule has 4 aromatic rings. The number of carbonyl (C=O) groups is 1. The van der Waals surface area contributed by atoms with E-state index in [2.05, 4.69) is 29.0 Å². The lowest BCUT2D eigenvalue weighted by Gasteiger charge is -2.16. The summed E-state index contributed by atoms with van der Waals surface area (Å²) in [6.45, 7) is 4.63. The fourth-order valence-electron chi connectivity index (χ4n) is 3.78. The van der Waals surface area contributed by atoms with Crippen LogP contribution < -0.4 is 4.90 Å². The van der Waals surface area contributed by atoms with Crippen LogP contribution in [0.2, 0.25) is 0 Å². The molecule has 150 valence electrons. The van der Waals surface area contributed by atoms with Crippen molar-refractivity contribution in [1.82, 2.24) is 29.3 Å². The average molecular weight is 399 g/mol. The van der Waals surface area contributed by atoms with Gasteiger partial charge in [-0.2, -0.15) is 0 Å². The van der Waals surface area contributed by atoms with E-state index in [1.807, 2.05) is 52.6 Å². The van der Waals surface area contributed by atoms with Crippen molar-refractivity contribution < 1.29 is 4.79 Å². The number of carbonyl (C=O) groups excluding carboxylic acids is 1. The van der Waals surface area contributed by atoms with Gasteiger partial charge in [0.25, 0.3) is 5.91 Å². The smallest absolute Gasteiger partial charge is 0.260 e. The molecule has 0 N–H and O–H groups in total. The van der Waals surface area contributed by atoms with Crippen LogP contribution in [0.5, 0.6) is 0 Å². The van der Waals surface area contributed by atoms with Crippen molar-refractivity contribution in [3.8, 4) is 22.8 Å².